The van der Waals surface area contributed by atoms with Crippen LogP contribution in [-0.2, 0) is 14.8 Å². The third kappa shape index (κ3) is 4.33. The summed E-state index contributed by atoms with van der Waals surface area (Å²) in [7, 11) is -3.65. The number of aliphatic carboxylic acids is 1. The lowest BCUT2D eigenvalue weighted by Gasteiger charge is -2.10. The van der Waals surface area contributed by atoms with Gasteiger partial charge in [0, 0.05) is 12.0 Å². The van der Waals surface area contributed by atoms with Crippen molar-refractivity contribution in [2.45, 2.75) is 19.8 Å². The van der Waals surface area contributed by atoms with Gasteiger partial charge in [-0.05, 0) is 25.5 Å². The molecule has 1 aromatic rings. The second-order valence-electron chi connectivity index (χ2n) is 3.83. The van der Waals surface area contributed by atoms with E-state index < -0.39 is 21.8 Å². The number of carbonyl (C=O) groups is 1. The molecule has 0 unspecified atom stereocenters. The second-order valence-corrected chi connectivity index (χ2v) is 5.67. The predicted octanol–water partition coefficient (Wildman–Crippen LogP) is 1.74. The number of anilines is 1. The minimum absolute atomic E-state index is 0.0129. The topological polar surface area (TPSA) is 83.5 Å². The van der Waals surface area contributed by atoms with Crippen LogP contribution in [0.5, 0.6) is 0 Å². The Morgan fingerprint density at radius 3 is 2.72 bits per heavy atom. The highest BCUT2D eigenvalue weighted by Gasteiger charge is 2.13. The summed E-state index contributed by atoms with van der Waals surface area (Å²) in [6.45, 7) is 1.46. The largest absolute Gasteiger partial charge is 0.481 e. The summed E-state index contributed by atoms with van der Waals surface area (Å²) in [5.41, 5.74) is 0.379. The third-order valence-corrected chi connectivity index (χ3v) is 3.69. The van der Waals surface area contributed by atoms with E-state index in [1.807, 2.05) is 0 Å². The van der Waals surface area contributed by atoms with Gasteiger partial charge >= 0.3 is 5.97 Å². The highest BCUT2D eigenvalue weighted by Crippen LogP contribution is 2.18. The number of nitrogens with one attached hydrogen (secondary N) is 1. The van der Waals surface area contributed by atoms with Gasteiger partial charge in [0.25, 0.3) is 0 Å². The van der Waals surface area contributed by atoms with Crippen molar-refractivity contribution >= 4 is 21.7 Å². The molecule has 1 rings (SSSR count). The van der Waals surface area contributed by atoms with Gasteiger partial charge in [0.15, 0.2) is 0 Å². The fourth-order valence-electron chi connectivity index (χ4n) is 1.35. The van der Waals surface area contributed by atoms with E-state index in [-0.39, 0.29) is 29.8 Å². The molecule has 0 atom stereocenters. The number of halogens is 1. The molecule has 0 aliphatic heterocycles. The van der Waals surface area contributed by atoms with E-state index in [4.69, 9.17) is 5.11 Å². The summed E-state index contributed by atoms with van der Waals surface area (Å²) < 4.78 is 38.7. The lowest BCUT2D eigenvalue weighted by atomic mass is 10.2. The average molecular weight is 275 g/mol. The van der Waals surface area contributed by atoms with Crippen LogP contribution in [0.2, 0.25) is 0 Å². The Morgan fingerprint density at radius 2 is 2.11 bits per heavy atom. The third-order valence-electron chi connectivity index (χ3n) is 2.34. The molecule has 1 aromatic carbocycles. The minimum Gasteiger partial charge on any atom is -0.481 e. The number of carboxylic acid groups (broad SMARTS) is 1. The lowest BCUT2D eigenvalue weighted by molar-refractivity contribution is -0.137. The fourth-order valence-corrected chi connectivity index (χ4v) is 2.53. The van der Waals surface area contributed by atoms with Gasteiger partial charge in [0.2, 0.25) is 10.0 Å². The molecule has 0 saturated carbocycles. The molecule has 7 heteroatoms. The van der Waals surface area contributed by atoms with Crippen LogP contribution < -0.4 is 4.72 Å². The molecule has 5 nitrogen and oxygen atoms in total. The quantitative estimate of drug-likeness (QED) is 0.828. The predicted molar refractivity (Wildman–Crippen MR) is 65.4 cm³/mol. The Bertz CT molecular complexity index is 542. The van der Waals surface area contributed by atoms with Crippen molar-refractivity contribution in [1.82, 2.24) is 0 Å². The van der Waals surface area contributed by atoms with E-state index in [1.54, 1.807) is 0 Å². The standard InChI is InChI=1S/C11H14FNO4S/c1-8-9(12)4-2-5-10(8)13-18(16,17)7-3-6-11(14)15/h2,4-5,13H,3,6-7H2,1H3,(H,14,15). The first-order valence-electron chi connectivity index (χ1n) is 5.29. The van der Waals surface area contributed by atoms with E-state index >= 15 is 0 Å². The highest BCUT2D eigenvalue weighted by atomic mass is 32.2. The normalized spacial score (nSPS) is 11.2. The van der Waals surface area contributed by atoms with Crippen molar-refractivity contribution in [3.05, 3.63) is 29.6 Å². The number of benzene rings is 1. The van der Waals surface area contributed by atoms with E-state index in [0.29, 0.717) is 0 Å². The molecule has 0 bridgehead atoms. The van der Waals surface area contributed by atoms with Crippen molar-refractivity contribution in [3.63, 3.8) is 0 Å². The Hall–Kier alpha value is -1.63. The minimum atomic E-state index is -3.65. The van der Waals surface area contributed by atoms with Crippen LogP contribution in [0.15, 0.2) is 18.2 Å². The molecule has 0 aliphatic rings. The summed E-state index contributed by atoms with van der Waals surface area (Å²) in [6.07, 6.45) is -0.206. The molecule has 0 aliphatic carbocycles. The molecule has 0 amide bonds. The first-order valence-corrected chi connectivity index (χ1v) is 6.94. The highest BCUT2D eigenvalue weighted by molar-refractivity contribution is 7.92. The summed E-state index contributed by atoms with van der Waals surface area (Å²) >= 11 is 0. The Kier molecular flexibility index (Phi) is 4.66. The van der Waals surface area contributed by atoms with Crippen LogP contribution in [0.1, 0.15) is 18.4 Å². The molecule has 0 radical (unpaired) electrons. The number of rotatable bonds is 6. The molecule has 0 spiro atoms. The van der Waals surface area contributed by atoms with Gasteiger partial charge in [0.1, 0.15) is 5.82 Å². The SMILES string of the molecule is Cc1c(F)cccc1NS(=O)(=O)CCCC(=O)O. The zero-order valence-electron chi connectivity index (χ0n) is 9.81. The van der Waals surface area contributed by atoms with Crippen molar-refractivity contribution in [1.29, 1.82) is 0 Å². The maximum atomic E-state index is 13.2. The average Bonchev–Trinajstić information content (AvgIpc) is 2.23. The van der Waals surface area contributed by atoms with Crippen molar-refractivity contribution < 1.29 is 22.7 Å². The molecular formula is C11H14FNO4S. The van der Waals surface area contributed by atoms with Gasteiger partial charge in [-0.2, -0.15) is 0 Å². The molecule has 0 saturated heterocycles. The summed E-state index contributed by atoms with van der Waals surface area (Å²) in [5, 5.41) is 8.42. The molecule has 2 N–H and O–H groups in total. The summed E-state index contributed by atoms with van der Waals surface area (Å²) in [4.78, 5) is 10.3. The van der Waals surface area contributed by atoms with Crippen LogP contribution in [0, 0.1) is 12.7 Å². The van der Waals surface area contributed by atoms with Crippen molar-refractivity contribution in [2.75, 3.05) is 10.5 Å². The van der Waals surface area contributed by atoms with Gasteiger partial charge in [0.05, 0.1) is 11.4 Å². The number of carboxylic acids is 1. The van der Waals surface area contributed by atoms with Gasteiger partial charge in [-0.1, -0.05) is 6.07 Å². The van der Waals surface area contributed by atoms with Crippen LogP contribution in [0.25, 0.3) is 0 Å². The maximum absolute atomic E-state index is 13.2. The van der Waals surface area contributed by atoms with Crippen LogP contribution in [0.3, 0.4) is 0 Å². The monoisotopic (exact) mass is 275 g/mol. The first kappa shape index (κ1) is 14.4. The zero-order valence-corrected chi connectivity index (χ0v) is 10.6. The van der Waals surface area contributed by atoms with Gasteiger partial charge in [-0.15, -0.1) is 0 Å². The molecular weight excluding hydrogens is 261 g/mol. The molecule has 0 aromatic heterocycles. The zero-order chi connectivity index (χ0) is 13.8. The van der Waals surface area contributed by atoms with Crippen molar-refractivity contribution in [2.24, 2.45) is 0 Å². The number of sulfonamides is 1. The molecule has 0 fully saturated rings. The van der Waals surface area contributed by atoms with Crippen LogP contribution in [0.4, 0.5) is 10.1 Å². The molecule has 18 heavy (non-hydrogen) atoms. The van der Waals surface area contributed by atoms with Gasteiger partial charge in [-0.25, -0.2) is 12.8 Å². The van der Waals surface area contributed by atoms with Gasteiger partial charge < -0.3 is 5.11 Å². The smallest absolute Gasteiger partial charge is 0.303 e. The maximum Gasteiger partial charge on any atom is 0.303 e. The Labute approximate surface area is 105 Å². The Morgan fingerprint density at radius 1 is 1.44 bits per heavy atom. The summed E-state index contributed by atoms with van der Waals surface area (Å²) in [6, 6.07) is 4.09. The van der Waals surface area contributed by atoms with Gasteiger partial charge in [-0.3, -0.25) is 9.52 Å². The summed E-state index contributed by atoms with van der Waals surface area (Å²) in [5.74, 6) is -1.86. The Balaban J connectivity index is 2.71. The number of hydrogen-bond donors (Lipinski definition) is 2. The molecule has 100 valence electrons. The van der Waals surface area contributed by atoms with E-state index in [0.717, 1.165) is 0 Å². The van der Waals surface area contributed by atoms with Crippen molar-refractivity contribution in [3.8, 4) is 0 Å². The fraction of sp³-hybridized carbons (Fsp3) is 0.364. The number of hydrogen-bond acceptors (Lipinski definition) is 3. The lowest BCUT2D eigenvalue weighted by Crippen LogP contribution is -2.18. The van der Waals surface area contributed by atoms with Crippen LogP contribution >= 0.6 is 0 Å². The van der Waals surface area contributed by atoms with E-state index in [2.05, 4.69) is 4.72 Å². The van der Waals surface area contributed by atoms with Crippen LogP contribution in [-0.4, -0.2) is 25.2 Å². The van der Waals surface area contributed by atoms with E-state index in [9.17, 15) is 17.6 Å². The van der Waals surface area contributed by atoms with E-state index in [1.165, 1.54) is 25.1 Å². The second kappa shape index (κ2) is 5.81. The molecule has 0 heterocycles. The first-order chi connectivity index (χ1) is 8.32.